The van der Waals surface area contributed by atoms with Crippen molar-refractivity contribution in [2.45, 2.75) is 31.2 Å². The predicted octanol–water partition coefficient (Wildman–Crippen LogP) is 2.39. The lowest BCUT2D eigenvalue weighted by Gasteiger charge is -2.46. The van der Waals surface area contributed by atoms with Crippen molar-refractivity contribution in [2.75, 3.05) is 24.2 Å². The zero-order chi connectivity index (χ0) is 20.8. The zero-order valence-corrected chi connectivity index (χ0v) is 16.6. The van der Waals surface area contributed by atoms with E-state index >= 15 is 0 Å². The van der Waals surface area contributed by atoms with E-state index in [-0.39, 0.29) is 17.8 Å². The zero-order valence-electron chi connectivity index (χ0n) is 16.6. The summed E-state index contributed by atoms with van der Waals surface area (Å²) in [7, 11) is 1.60. The van der Waals surface area contributed by atoms with Crippen LogP contribution < -0.4 is 16.0 Å². The van der Waals surface area contributed by atoms with Crippen LogP contribution in [0.4, 0.5) is 11.4 Å². The summed E-state index contributed by atoms with van der Waals surface area (Å²) in [6.07, 6.45) is 1.44. The van der Waals surface area contributed by atoms with Gasteiger partial charge in [0, 0.05) is 31.4 Å². The van der Waals surface area contributed by atoms with E-state index < -0.39 is 11.5 Å². The molecule has 0 spiro atoms. The Kier molecular flexibility index (Phi) is 4.53. The highest BCUT2D eigenvalue weighted by atomic mass is 16.2. The van der Waals surface area contributed by atoms with Gasteiger partial charge in [-0.05, 0) is 48.7 Å². The number of hydrogen-bond acceptors (Lipinski definition) is 4. The van der Waals surface area contributed by atoms with E-state index in [9.17, 15) is 9.59 Å². The topological polar surface area (TPSA) is 103 Å². The number of nitrogens with one attached hydrogen (secondary N) is 2. The van der Waals surface area contributed by atoms with Gasteiger partial charge in [0.15, 0.2) is 5.96 Å². The second-order valence-corrected chi connectivity index (χ2v) is 7.87. The van der Waals surface area contributed by atoms with E-state index in [1.165, 1.54) is 4.90 Å². The fourth-order valence-corrected chi connectivity index (χ4v) is 4.30. The highest BCUT2D eigenvalue weighted by Crippen LogP contribution is 2.41. The molecule has 0 unspecified atom stereocenters. The predicted molar refractivity (Wildman–Crippen MR) is 113 cm³/mol. The summed E-state index contributed by atoms with van der Waals surface area (Å²) in [4.78, 5) is 28.4. The van der Waals surface area contributed by atoms with Crippen LogP contribution in [0.25, 0.3) is 0 Å². The van der Waals surface area contributed by atoms with Crippen LogP contribution in [0.1, 0.15) is 36.8 Å². The summed E-state index contributed by atoms with van der Waals surface area (Å²) in [5.41, 5.74) is 8.27. The normalized spacial score (nSPS) is 24.8. The number of amides is 2. The van der Waals surface area contributed by atoms with Gasteiger partial charge in [-0.3, -0.25) is 19.9 Å². The van der Waals surface area contributed by atoms with E-state index in [0.717, 1.165) is 29.8 Å². The Balaban J connectivity index is 1.76. The molecule has 150 valence electrons. The Morgan fingerprint density at radius 3 is 2.52 bits per heavy atom. The lowest BCUT2D eigenvalue weighted by molar-refractivity contribution is -0.131. The van der Waals surface area contributed by atoms with Crippen LogP contribution >= 0.6 is 0 Å². The van der Waals surface area contributed by atoms with Crippen molar-refractivity contribution in [1.29, 1.82) is 5.41 Å². The molecule has 0 saturated carbocycles. The molecule has 2 aliphatic heterocycles. The number of benzene rings is 2. The quantitative estimate of drug-likeness (QED) is 0.699. The number of carbonyl (C=O) groups is 2. The molecule has 2 amide bonds. The summed E-state index contributed by atoms with van der Waals surface area (Å²) in [5, 5.41) is 11.4. The van der Waals surface area contributed by atoms with Gasteiger partial charge < -0.3 is 16.0 Å². The molecular formula is C22H25N5O2. The van der Waals surface area contributed by atoms with Gasteiger partial charge in [0.1, 0.15) is 0 Å². The number of nitrogens with zero attached hydrogens (tertiary/aromatic N) is 2. The maximum atomic E-state index is 13.3. The number of nitrogen functional groups attached to an aromatic ring is 1. The van der Waals surface area contributed by atoms with Gasteiger partial charge in [-0.25, -0.2) is 0 Å². The van der Waals surface area contributed by atoms with Gasteiger partial charge in [0.2, 0.25) is 11.8 Å². The number of carbonyl (C=O) groups excluding carboxylic acids is 2. The standard InChI is InChI=1S/C22H25N5O2/c1-22(15-5-3-6-16(23)13-15)19(20(29)26(2)21(24)25-22)14-8-10-17(11-9-14)27-12-4-7-18(27)28/h3,5-6,8-11,13,19H,4,7,12,23H2,1-2H3,(H2,24,25)/t19-,22-/m1/s1. The minimum atomic E-state index is -0.832. The Labute approximate surface area is 170 Å². The molecule has 2 aromatic rings. The highest BCUT2D eigenvalue weighted by molar-refractivity contribution is 6.03. The van der Waals surface area contributed by atoms with Crippen molar-refractivity contribution in [3.8, 4) is 0 Å². The van der Waals surface area contributed by atoms with Crippen LogP contribution in [0.5, 0.6) is 0 Å². The minimum Gasteiger partial charge on any atom is -0.399 e. The Hall–Kier alpha value is -3.35. The number of rotatable bonds is 3. The Morgan fingerprint density at radius 2 is 1.90 bits per heavy atom. The monoisotopic (exact) mass is 391 g/mol. The fourth-order valence-electron chi connectivity index (χ4n) is 4.30. The second-order valence-electron chi connectivity index (χ2n) is 7.87. The molecule has 2 atom stereocenters. The van der Waals surface area contributed by atoms with Gasteiger partial charge in [-0.15, -0.1) is 0 Å². The molecule has 0 aliphatic carbocycles. The number of guanidine groups is 1. The highest BCUT2D eigenvalue weighted by Gasteiger charge is 2.48. The number of hydrogen-bond donors (Lipinski definition) is 3. The van der Waals surface area contributed by atoms with Gasteiger partial charge in [0.25, 0.3) is 0 Å². The molecule has 2 saturated heterocycles. The van der Waals surface area contributed by atoms with Crippen molar-refractivity contribution in [2.24, 2.45) is 0 Å². The van der Waals surface area contributed by atoms with Crippen molar-refractivity contribution >= 4 is 29.1 Å². The molecule has 0 aromatic heterocycles. The first-order valence-electron chi connectivity index (χ1n) is 9.72. The number of nitrogens with two attached hydrogens (primary N) is 1. The molecule has 0 bridgehead atoms. The van der Waals surface area contributed by atoms with Crippen molar-refractivity contribution < 1.29 is 9.59 Å². The first-order valence-corrected chi connectivity index (χ1v) is 9.72. The smallest absolute Gasteiger partial charge is 0.239 e. The Bertz CT molecular complexity index is 987. The van der Waals surface area contributed by atoms with E-state index in [0.29, 0.717) is 12.1 Å². The van der Waals surface area contributed by atoms with Crippen LogP contribution in [-0.2, 0) is 15.1 Å². The molecule has 4 N–H and O–H groups in total. The minimum absolute atomic E-state index is 0.0514. The lowest BCUT2D eigenvalue weighted by Crippen LogP contribution is -2.62. The van der Waals surface area contributed by atoms with Crippen molar-refractivity contribution in [1.82, 2.24) is 10.2 Å². The molecule has 7 nitrogen and oxygen atoms in total. The summed E-state index contributed by atoms with van der Waals surface area (Å²) in [6.45, 7) is 2.65. The van der Waals surface area contributed by atoms with Gasteiger partial charge in [-0.1, -0.05) is 24.3 Å². The Morgan fingerprint density at radius 1 is 1.17 bits per heavy atom. The van der Waals surface area contributed by atoms with Crippen LogP contribution in [0.15, 0.2) is 48.5 Å². The molecule has 7 heteroatoms. The van der Waals surface area contributed by atoms with Crippen molar-refractivity contribution in [3.63, 3.8) is 0 Å². The average Bonchev–Trinajstić information content (AvgIpc) is 3.13. The first-order chi connectivity index (χ1) is 13.8. The van der Waals surface area contributed by atoms with E-state index in [4.69, 9.17) is 11.1 Å². The largest absolute Gasteiger partial charge is 0.399 e. The van der Waals surface area contributed by atoms with Gasteiger partial charge in [0.05, 0.1) is 11.5 Å². The molecule has 2 heterocycles. The molecule has 29 heavy (non-hydrogen) atoms. The maximum absolute atomic E-state index is 13.3. The van der Waals surface area contributed by atoms with Crippen LogP contribution in [-0.4, -0.2) is 36.3 Å². The summed E-state index contributed by atoms with van der Waals surface area (Å²) >= 11 is 0. The maximum Gasteiger partial charge on any atom is 0.239 e. The van der Waals surface area contributed by atoms with E-state index in [2.05, 4.69) is 5.32 Å². The number of anilines is 2. The third kappa shape index (κ3) is 3.12. The molecular weight excluding hydrogens is 366 g/mol. The molecule has 2 aliphatic rings. The number of likely N-dealkylation sites (N-methyl/N-ethyl adjacent to an activating group) is 1. The van der Waals surface area contributed by atoms with Gasteiger partial charge in [-0.2, -0.15) is 0 Å². The van der Waals surface area contributed by atoms with Crippen LogP contribution in [0.3, 0.4) is 0 Å². The van der Waals surface area contributed by atoms with Crippen LogP contribution in [0, 0.1) is 5.41 Å². The van der Waals surface area contributed by atoms with Crippen molar-refractivity contribution in [3.05, 3.63) is 59.7 Å². The molecule has 2 fully saturated rings. The van der Waals surface area contributed by atoms with Gasteiger partial charge >= 0.3 is 0 Å². The third-order valence-corrected chi connectivity index (χ3v) is 5.97. The van der Waals surface area contributed by atoms with Crippen LogP contribution in [0.2, 0.25) is 0 Å². The summed E-state index contributed by atoms with van der Waals surface area (Å²) in [6, 6.07) is 15.0. The lowest BCUT2D eigenvalue weighted by atomic mass is 9.73. The molecule has 2 aromatic carbocycles. The molecule has 0 radical (unpaired) electrons. The van der Waals surface area contributed by atoms with E-state index in [1.54, 1.807) is 18.0 Å². The average molecular weight is 391 g/mol. The first kappa shape index (κ1) is 19.0. The fraction of sp³-hybridized carbons (Fsp3) is 0.318. The SMILES string of the molecule is CN1C(=N)N[C@](C)(c2cccc(N)c2)[C@H](c2ccc(N3CCCC3=O)cc2)C1=O. The summed E-state index contributed by atoms with van der Waals surface area (Å²) in [5.74, 6) is -0.531. The summed E-state index contributed by atoms with van der Waals surface area (Å²) < 4.78 is 0. The molecule has 4 rings (SSSR count). The third-order valence-electron chi connectivity index (χ3n) is 5.97. The second kappa shape index (κ2) is 6.92. The van der Waals surface area contributed by atoms with E-state index in [1.807, 2.05) is 49.4 Å².